The fourth-order valence-corrected chi connectivity index (χ4v) is 2.37. The van der Waals surface area contributed by atoms with E-state index in [4.69, 9.17) is 4.99 Å². The first kappa shape index (κ1) is 14.6. The largest absolute Gasteiger partial charge is 0.357 e. The Kier molecular flexibility index (Phi) is 4.73. The number of guanidine groups is 1. The number of hydrogen-bond acceptors (Lipinski definition) is 2. The van der Waals surface area contributed by atoms with Crippen LogP contribution in [0, 0.1) is 5.92 Å². The normalized spacial score (nSPS) is 14.9. The molecule has 0 unspecified atom stereocenters. The third kappa shape index (κ3) is 3.87. The molecule has 1 heterocycles. The molecular formula is C17H23N5. The maximum atomic E-state index is 4.71. The zero-order valence-electron chi connectivity index (χ0n) is 13.0. The van der Waals surface area contributed by atoms with E-state index in [1.165, 1.54) is 18.4 Å². The highest BCUT2D eigenvalue weighted by Gasteiger charge is 2.21. The van der Waals surface area contributed by atoms with Gasteiger partial charge in [-0.05, 0) is 37.3 Å². The number of hydrogen-bond donors (Lipinski definition) is 2. The molecule has 1 aliphatic rings. The van der Waals surface area contributed by atoms with Crippen molar-refractivity contribution < 1.29 is 0 Å². The molecule has 0 radical (unpaired) electrons. The van der Waals surface area contributed by atoms with Crippen molar-refractivity contribution in [3.63, 3.8) is 0 Å². The standard InChI is InChI=1S/C17H23N5/c1-2-19-17(20-11-14-7-8-14)21-12-15-5-3-4-6-16(15)22-10-9-18-13-22/h3-6,9-10,13-14H,2,7-8,11-12H2,1H3,(H2,19,20,21). The van der Waals surface area contributed by atoms with E-state index >= 15 is 0 Å². The first-order chi connectivity index (χ1) is 10.9. The molecule has 0 saturated heterocycles. The maximum absolute atomic E-state index is 4.71. The molecule has 22 heavy (non-hydrogen) atoms. The number of benzene rings is 1. The molecule has 1 aromatic heterocycles. The quantitative estimate of drug-likeness (QED) is 0.635. The van der Waals surface area contributed by atoms with Gasteiger partial charge in [0.25, 0.3) is 0 Å². The summed E-state index contributed by atoms with van der Waals surface area (Å²) in [7, 11) is 0. The molecule has 5 nitrogen and oxygen atoms in total. The molecule has 116 valence electrons. The van der Waals surface area contributed by atoms with Crippen LogP contribution in [-0.4, -0.2) is 28.6 Å². The molecular weight excluding hydrogens is 274 g/mol. The molecule has 0 spiro atoms. The van der Waals surface area contributed by atoms with Gasteiger partial charge in [-0.3, -0.25) is 0 Å². The molecule has 0 bridgehead atoms. The Balaban J connectivity index is 1.71. The topological polar surface area (TPSA) is 54.2 Å². The van der Waals surface area contributed by atoms with E-state index in [0.29, 0.717) is 6.54 Å². The van der Waals surface area contributed by atoms with Crippen LogP contribution < -0.4 is 10.6 Å². The van der Waals surface area contributed by atoms with Gasteiger partial charge in [-0.1, -0.05) is 18.2 Å². The summed E-state index contributed by atoms with van der Waals surface area (Å²) in [5.41, 5.74) is 2.31. The molecule has 2 aromatic rings. The fraction of sp³-hybridized carbons (Fsp3) is 0.412. The van der Waals surface area contributed by atoms with Crippen molar-refractivity contribution in [1.29, 1.82) is 0 Å². The van der Waals surface area contributed by atoms with Gasteiger partial charge in [-0.15, -0.1) is 0 Å². The van der Waals surface area contributed by atoms with Gasteiger partial charge in [-0.2, -0.15) is 0 Å². The van der Waals surface area contributed by atoms with Gasteiger partial charge < -0.3 is 15.2 Å². The zero-order valence-corrected chi connectivity index (χ0v) is 13.0. The zero-order chi connectivity index (χ0) is 15.2. The lowest BCUT2D eigenvalue weighted by Crippen LogP contribution is -2.38. The van der Waals surface area contributed by atoms with Gasteiger partial charge in [0.2, 0.25) is 0 Å². The second-order valence-electron chi connectivity index (χ2n) is 5.62. The molecule has 5 heteroatoms. The van der Waals surface area contributed by atoms with Crippen LogP contribution in [0.2, 0.25) is 0 Å². The van der Waals surface area contributed by atoms with Crippen LogP contribution >= 0.6 is 0 Å². The molecule has 1 aromatic carbocycles. The first-order valence-corrected chi connectivity index (χ1v) is 7.95. The highest BCUT2D eigenvalue weighted by Crippen LogP contribution is 2.27. The van der Waals surface area contributed by atoms with Crippen LogP contribution in [0.3, 0.4) is 0 Å². The molecule has 0 atom stereocenters. The number of aromatic nitrogens is 2. The summed E-state index contributed by atoms with van der Waals surface area (Å²) < 4.78 is 2.02. The molecule has 0 amide bonds. The van der Waals surface area contributed by atoms with Crippen LogP contribution in [0.5, 0.6) is 0 Å². The fourth-order valence-electron chi connectivity index (χ4n) is 2.37. The Hall–Kier alpha value is -2.30. The van der Waals surface area contributed by atoms with Gasteiger partial charge in [-0.25, -0.2) is 9.98 Å². The lowest BCUT2D eigenvalue weighted by atomic mass is 10.2. The van der Waals surface area contributed by atoms with Gasteiger partial charge >= 0.3 is 0 Å². The summed E-state index contributed by atoms with van der Waals surface area (Å²) in [4.78, 5) is 8.84. The second kappa shape index (κ2) is 7.11. The van der Waals surface area contributed by atoms with Crippen LogP contribution in [0.25, 0.3) is 5.69 Å². The van der Waals surface area contributed by atoms with Gasteiger partial charge in [0.15, 0.2) is 5.96 Å². The number of aliphatic imine (C=N–C) groups is 1. The van der Waals surface area contributed by atoms with E-state index in [-0.39, 0.29) is 0 Å². The average molecular weight is 297 g/mol. The van der Waals surface area contributed by atoms with E-state index in [1.54, 1.807) is 6.20 Å². The summed E-state index contributed by atoms with van der Waals surface area (Å²) in [6.45, 7) is 4.64. The van der Waals surface area contributed by atoms with Crippen molar-refractivity contribution in [2.45, 2.75) is 26.3 Å². The third-order valence-corrected chi connectivity index (χ3v) is 3.78. The maximum Gasteiger partial charge on any atom is 0.191 e. The summed E-state index contributed by atoms with van der Waals surface area (Å²) in [5, 5.41) is 6.74. The smallest absolute Gasteiger partial charge is 0.191 e. The second-order valence-corrected chi connectivity index (χ2v) is 5.62. The van der Waals surface area contributed by atoms with Crippen molar-refractivity contribution in [1.82, 2.24) is 20.2 Å². The Morgan fingerprint density at radius 3 is 2.91 bits per heavy atom. The highest BCUT2D eigenvalue weighted by molar-refractivity contribution is 5.79. The van der Waals surface area contributed by atoms with E-state index in [0.717, 1.165) is 30.7 Å². The van der Waals surface area contributed by atoms with Gasteiger partial charge in [0.05, 0.1) is 18.6 Å². The SMILES string of the molecule is CCNC(=NCc1ccccc1-n1ccnc1)NCC1CC1. The van der Waals surface area contributed by atoms with E-state index in [1.807, 2.05) is 23.2 Å². The summed E-state index contributed by atoms with van der Waals surface area (Å²) in [6.07, 6.45) is 8.26. The predicted octanol–water partition coefficient (Wildman–Crippen LogP) is 2.34. The minimum Gasteiger partial charge on any atom is -0.357 e. The minimum absolute atomic E-state index is 0.647. The summed E-state index contributed by atoms with van der Waals surface area (Å²) in [6, 6.07) is 8.30. The Bertz CT molecular complexity index is 614. The van der Waals surface area contributed by atoms with Crippen LogP contribution in [0.15, 0.2) is 48.0 Å². The van der Waals surface area contributed by atoms with Crippen LogP contribution in [0.4, 0.5) is 0 Å². The van der Waals surface area contributed by atoms with Gasteiger partial charge in [0.1, 0.15) is 0 Å². The Morgan fingerprint density at radius 1 is 1.32 bits per heavy atom. The van der Waals surface area contributed by atoms with E-state index in [9.17, 15) is 0 Å². The molecule has 0 aliphatic heterocycles. The average Bonchev–Trinajstić information content (AvgIpc) is 3.22. The minimum atomic E-state index is 0.647. The van der Waals surface area contributed by atoms with Crippen LogP contribution in [-0.2, 0) is 6.54 Å². The van der Waals surface area contributed by atoms with Gasteiger partial charge in [0, 0.05) is 25.5 Å². The highest BCUT2D eigenvalue weighted by atomic mass is 15.2. The van der Waals surface area contributed by atoms with Crippen LogP contribution in [0.1, 0.15) is 25.3 Å². The van der Waals surface area contributed by atoms with Crippen molar-refractivity contribution in [2.75, 3.05) is 13.1 Å². The number of nitrogens with zero attached hydrogens (tertiary/aromatic N) is 3. The van der Waals surface area contributed by atoms with Crippen molar-refractivity contribution in [3.8, 4) is 5.69 Å². The Morgan fingerprint density at radius 2 is 2.18 bits per heavy atom. The molecule has 1 saturated carbocycles. The number of para-hydroxylation sites is 1. The lowest BCUT2D eigenvalue weighted by molar-refractivity contribution is 0.739. The number of nitrogens with one attached hydrogen (secondary N) is 2. The van der Waals surface area contributed by atoms with Crippen molar-refractivity contribution in [2.24, 2.45) is 10.9 Å². The molecule has 2 N–H and O–H groups in total. The number of rotatable bonds is 6. The Labute approximate surface area is 131 Å². The van der Waals surface area contributed by atoms with Crippen molar-refractivity contribution in [3.05, 3.63) is 48.5 Å². The molecule has 1 fully saturated rings. The lowest BCUT2D eigenvalue weighted by Gasteiger charge is -2.12. The predicted molar refractivity (Wildman–Crippen MR) is 89.1 cm³/mol. The van der Waals surface area contributed by atoms with Crippen molar-refractivity contribution >= 4 is 5.96 Å². The third-order valence-electron chi connectivity index (χ3n) is 3.78. The van der Waals surface area contributed by atoms with E-state index in [2.05, 4.69) is 40.7 Å². The monoisotopic (exact) mass is 297 g/mol. The summed E-state index contributed by atoms with van der Waals surface area (Å²) >= 11 is 0. The summed E-state index contributed by atoms with van der Waals surface area (Å²) in [5.74, 6) is 1.73. The molecule has 1 aliphatic carbocycles. The first-order valence-electron chi connectivity index (χ1n) is 7.95. The number of imidazole rings is 1. The molecule has 3 rings (SSSR count). The van der Waals surface area contributed by atoms with E-state index < -0.39 is 0 Å².